The van der Waals surface area contributed by atoms with Crippen LogP contribution in [-0.4, -0.2) is 93.2 Å². The number of primary amides is 1. The number of nitrogens with zero attached hydrogens (tertiary/aromatic N) is 22. The standard InChI is InChI=1S/2C25H23N7O.C23H24N6O.C21H21N7O2/c1-3-6-19-22-21(18(15-26)23(27)33-25(22)31(2)30-19)16-8-10-17(11-9-16)32-14-13-29-24(32)20-7-4-5-12-28-20;1-3-4-20-22-21(19(15-26)23(27)33-25(22)31(2)30-20)16-5-7-18(8-6-16)32-14-13-29-24(32)17-9-11-28-12-10-17;1-3-4-18-20-19(17(13-24)21(25)30-23(20)28(2)27-18)14-7-9-16(10-8-14)29-12-11-26-22(29)15-5-6-15;1-3-4-15-17-16(14(11-22)19(24)30-21(17)27(2)26-15)12-5-7-13(8-6-12)28-10-9-25-20(28)18(23)29/h4-5,7-14,21H,3,6,27H2,1-2H3;5-14,21H,3-4,27H2,1-2H3;7-12,15,19H,3-6,25H2,1-2H3;5-10,16H,3-4,24H2,1-2H3,(H2,23,29). The van der Waals surface area contributed by atoms with E-state index in [-0.39, 0.29) is 53.0 Å². The third-order valence-electron chi connectivity index (χ3n) is 22.7. The predicted octanol–water partition coefficient (Wildman–Crippen LogP) is 13.2. The number of ether oxygens (including phenoxy) is 4. The SMILES string of the molecule is CCCc1nn(C)c2c1C(c1ccc(-n3ccnc3-c3ccccn3)cc1)C(C#N)=C(N)O2.CCCc1nn(C)c2c1C(c1ccc(-n3ccnc3-c3ccncc3)cc1)C(C#N)=C(N)O2.CCCc1nn(C)c2c1C(c1ccc(-n3ccnc3C(N)=O)cc1)C(C#N)=C(N)O2.CCCc1nn(C)c2c1C(c1ccc(-n3ccnc3C3CC3)cc1)C(C#N)=C(N)O2. The van der Waals surface area contributed by atoms with Gasteiger partial charge in [-0.25, -0.2) is 38.7 Å². The summed E-state index contributed by atoms with van der Waals surface area (Å²) in [5.74, 6) is 4.32. The van der Waals surface area contributed by atoms with Crippen molar-refractivity contribution in [2.45, 2.75) is 121 Å². The Kier molecular flexibility index (Phi) is 23.6. The number of fused-ring (bicyclic) bond motifs is 4. The Morgan fingerprint density at radius 1 is 0.389 bits per heavy atom. The van der Waals surface area contributed by atoms with Gasteiger partial charge in [-0.1, -0.05) is 108 Å². The lowest BCUT2D eigenvalue weighted by Crippen LogP contribution is -2.22. The molecular formula is C94H91N27O5. The zero-order valence-corrected chi connectivity index (χ0v) is 70.7. The van der Waals surface area contributed by atoms with Gasteiger partial charge in [-0.15, -0.1) is 0 Å². The molecule has 10 aromatic heterocycles. The summed E-state index contributed by atoms with van der Waals surface area (Å²) in [6.45, 7) is 8.40. The van der Waals surface area contributed by atoms with Gasteiger partial charge in [0, 0.05) is 131 Å². The Hall–Kier alpha value is -16.4. The zero-order chi connectivity index (χ0) is 88.1. The van der Waals surface area contributed by atoms with E-state index < -0.39 is 5.91 Å². The molecule has 1 fully saturated rings. The minimum Gasteiger partial charge on any atom is -0.422 e. The maximum absolute atomic E-state index is 11.6. The van der Waals surface area contributed by atoms with E-state index in [1.807, 2.05) is 158 Å². The van der Waals surface area contributed by atoms with Gasteiger partial charge in [-0.2, -0.15) is 41.4 Å². The number of benzene rings is 4. The van der Waals surface area contributed by atoms with Gasteiger partial charge in [0.05, 0.1) is 68.7 Å². The van der Waals surface area contributed by atoms with E-state index >= 15 is 0 Å². The molecule has 126 heavy (non-hydrogen) atoms. The molecule has 4 atom stereocenters. The molecule has 32 heteroatoms. The van der Waals surface area contributed by atoms with Gasteiger partial charge < -0.3 is 52.2 Å². The maximum atomic E-state index is 11.6. The number of rotatable bonds is 20. The lowest BCUT2D eigenvalue weighted by atomic mass is 9.83. The highest BCUT2D eigenvalue weighted by atomic mass is 16.5. The summed E-state index contributed by atoms with van der Waals surface area (Å²) in [7, 11) is 7.32. The van der Waals surface area contributed by atoms with Crippen molar-refractivity contribution in [3.05, 3.63) is 320 Å². The number of aromatic nitrogens is 18. The molecule has 5 aliphatic rings. The van der Waals surface area contributed by atoms with Crippen LogP contribution < -0.4 is 47.6 Å². The Balaban J connectivity index is 0.000000124. The average Bonchev–Trinajstić information content (AvgIpc) is 1.59. The van der Waals surface area contributed by atoms with Crippen LogP contribution in [0.3, 0.4) is 0 Å². The number of hydrogen-bond acceptors (Lipinski definition) is 23. The van der Waals surface area contributed by atoms with Crippen molar-refractivity contribution in [3.8, 4) is 93.5 Å². The molecule has 0 radical (unpaired) electrons. The van der Waals surface area contributed by atoms with Crippen molar-refractivity contribution < 1.29 is 23.7 Å². The monoisotopic (exact) mass is 1680 g/mol. The number of nitriles is 4. The van der Waals surface area contributed by atoms with Crippen molar-refractivity contribution in [1.82, 2.24) is 87.3 Å². The summed E-state index contributed by atoms with van der Waals surface area (Å²) < 4.78 is 37.7. The van der Waals surface area contributed by atoms with E-state index in [0.717, 1.165) is 170 Å². The van der Waals surface area contributed by atoms with Crippen LogP contribution in [0.5, 0.6) is 23.5 Å². The second-order valence-electron chi connectivity index (χ2n) is 30.8. The van der Waals surface area contributed by atoms with Crippen LogP contribution in [0, 0.1) is 45.3 Å². The third kappa shape index (κ3) is 15.8. The summed E-state index contributed by atoms with van der Waals surface area (Å²) in [6.07, 6.45) is 29.0. The fourth-order valence-corrected chi connectivity index (χ4v) is 16.8. The largest absolute Gasteiger partial charge is 0.422 e. The molecule has 14 aromatic rings. The van der Waals surface area contributed by atoms with Crippen molar-refractivity contribution in [1.29, 1.82) is 21.0 Å². The molecule has 10 N–H and O–H groups in total. The molecular weight excluding hydrogens is 1590 g/mol. The van der Waals surface area contributed by atoms with E-state index in [1.54, 1.807) is 67.5 Å². The van der Waals surface area contributed by atoms with Gasteiger partial charge in [-0.05, 0) is 134 Å². The molecule has 0 saturated heterocycles. The number of hydrogen-bond donors (Lipinski definition) is 5. The summed E-state index contributed by atoms with van der Waals surface area (Å²) in [6, 6.07) is 50.6. The van der Waals surface area contributed by atoms with Crippen molar-refractivity contribution in [3.63, 3.8) is 0 Å². The lowest BCUT2D eigenvalue weighted by Gasteiger charge is -2.25. The number of carbonyl (C=O) groups is 1. The second kappa shape index (κ2) is 35.8. The third-order valence-corrected chi connectivity index (χ3v) is 22.7. The molecule has 1 amide bonds. The topological polar surface area (TPSA) is 448 Å². The molecule has 4 aliphatic heterocycles. The predicted molar refractivity (Wildman–Crippen MR) is 467 cm³/mol. The van der Waals surface area contributed by atoms with Gasteiger partial charge in [0.1, 0.15) is 63.9 Å². The van der Waals surface area contributed by atoms with Gasteiger partial charge >= 0.3 is 0 Å². The van der Waals surface area contributed by atoms with Gasteiger partial charge in [0.2, 0.25) is 52.9 Å². The first-order valence-corrected chi connectivity index (χ1v) is 41.5. The normalized spacial score (nSPS) is 15.9. The maximum Gasteiger partial charge on any atom is 0.285 e. The minimum absolute atomic E-state index is 0.0794. The second-order valence-corrected chi connectivity index (χ2v) is 30.8. The molecule has 4 unspecified atom stereocenters. The van der Waals surface area contributed by atoms with Crippen molar-refractivity contribution >= 4 is 5.91 Å². The molecule has 19 rings (SSSR count). The molecule has 1 aliphatic carbocycles. The fourth-order valence-electron chi connectivity index (χ4n) is 16.8. The van der Waals surface area contributed by atoms with Gasteiger partial charge in [0.25, 0.3) is 5.91 Å². The number of aryl methyl sites for hydroxylation is 8. The average molecular weight is 1680 g/mol. The molecule has 1 saturated carbocycles. The summed E-state index contributed by atoms with van der Waals surface area (Å²) in [4.78, 5) is 37.6. The fraction of sp³-hybridized carbons (Fsp3) is 0.245. The summed E-state index contributed by atoms with van der Waals surface area (Å²) >= 11 is 0. The van der Waals surface area contributed by atoms with Crippen LogP contribution in [0.1, 0.15) is 180 Å². The van der Waals surface area contributed by atoms with E-state index in [4.69, 9.17) is 47.6 Å². The summed E-state index contributed by atoms with van der Waals surface area (Å²) in [5.41, 5.74) is 48.1. The number of imidazole rings is 4. The molecule has 14 heterocycles. The smallest absolute Gasteiger partial charge is 0.285 e. The van der Waals surface area contributed by atoms with Crippen LogP contribution >= 0.6 is 0 Å². The van der Waals surface area contributed by atoms with Crippen molar-refractivity contribution in [2.24, 2.45) is 56.9 Å². The van der Waals surface area contributed by atoms with E-state index in [9.17, 15) is 25.8 Å². The van der Waals surface area contributed by atoms with Gasteiger partial charge in [0.15, 0.2) is 5.82 Å². The molecule has 32 nitrogen and oxygen atoms in total. The first-order chi connectivity index (χ1) is 61.3. The highest BCUT2D eigenvalue weighted by Gasteiger charge is 2.41. The Bertz CT molecular complexity index is 6520. The van der Waals surface area contributed by atoms with Crippen molar-refractivity contribution in [2.75, 3.05) is 0 Å². The van der Waals surface area contributed by atoms with Crippen LogP contribution in [-0.2, 0) is 53.9 Å². The van der Waals surface area contributed by atoms with E-state index in [2.05, 4.69) is 131 Å². The molecule has 4 aromatic carbocycles. The first-order valence-electron chi connectivity index (χ1n) is 41.5. The zero-order valence-electron chi connectivity index (χ0n) is 70.7. The van der Waals surface area contributed by atoms with Gasteiger partial charge in [-0.3, -0.25) is 28.5 Å². The molecule has 632 valence electrons. The van der Waals surface area contributed by atoms with E-state index in [0.29, 0.717) is 51.7 Å². The summed E-state index contributed by atoms with van der Waals surface area (Å²) in [5, 5.41) is 58.0. The number of allylic oxidation sites excluding steroid dienone is 4. The van der Waals surface area contributed by atoms with Crippen LogP contribution in [0.4, 0.5) is 0 Å². The van der Waals surface area contributed by atoms with Crippen LogP contribution in [0.2, 0.25) is 0 Å². The Labute approximate surface area is 726 Å². The van der Waals surface area contributed by atoms with Crippen LogP contribution in [0.25, 0.3) is 45.7 Å². The number of nitrogens with two attached hydrogens (primary N) is 5. The molecule has 0 spiro atoms. The Morgan fingerprint density at radius 2 is 0.714 bits per heavy atom. The molecule has 0 bridgehead atoms. The minimum atomic E-state index is -0.611. The quantitative estimate of drug-likeness (QED) is 0.0473. The number of carbonyl (C=O) groups excluding carboxylic acids is 1. The highest BCUT2D eigenvalue weighted by Crippen LogP contribution is 2.50. The highest BCUT2D eigenvalue weighted by molar-refractivity contribution is 5.90. The number of pyridine rings is 2. The Morgan fingerprint density at radius 3 is 1.06 bits per heavy atom. The lowest BCUT2D eigenvalue weighted by molar-refractivity contribution is 0.0988. The number of amides is 1. The van der Waals surface area contributed by atoms with Crippen LogP contribution in [0.15, 0.2) is 241 Å². The first kappa shape index (κ1) is 83.3. The van der Waals surface area contributed by atoms with E-state index in [1.165, 1.54) is 19.0 Å².